The number of aromatic hydroxyl groups is 1. The quantitative estimate of drug-likeness (QED) is 0.389. The molecule has 0 aliphatic carbocycles. The van der Waals surface area contributed by atoms with Crippen molar-refractivity contribution in [1.82, 2.24) is 9.55 Å². The Hall–Kier alpha value is -4.19. The number of pyridine rings is 1. The maximum atomic E-state index is 12.8. The molecule has 0 spiro atoms. The van der Waals surface area contributed by atoms with Crippen molar-refractivity contribution in [3.05, 3.63) is 83.4 Å². The van der Waals surface area contributed by atoms with Crippen molar-refractivity contribution >= 4 is 28.7 Å². The minimum Gasteiger partial charge on any atom is -0.507 e. The van der Waals surface area contributed by atoms with Crippen molar-refractivity contribution < 1.29 is 19.4 Å². The molecule has 0 saturated heterocycles. The highest BCUT2D eigenvalue weighted by Gasteiger charge is 2.30. The Balaban J connectivity index is 1.66. The summed E-state index contributed by atoms with van der Waals surface area (Å²) in [7, 11) is 1.89. The zero-order valence-electron chi connectivity index (χ0n) is 16.9. The lowest BCUT2D eigenvalue weighted by Crippen LogP contribution is -1.98. The number of carbonyl (C=O) groups excluding carboxylic acids is 2. The number of ketones is 2. The summed E-state index contributed by atoms with van der Waals surface area (Å²) < 4.78 is 7.62. The second-order valence-electron chi connectivity index (χ2n) is 7.48. The van der Waals surface area contributed by atoms with Crippen LogP contribution in [0, 0.1) is 0 Å². The van der Waals surface area contributed by atoms with Crippen LogP contribution < -0.4 is 4.74 Å². The highest BCUT2D eigenvalue weighted by atomic mass is 16.5. The molecule has 0 bridgehead atoms. The number of hydrogen-bond donors (Lipinski definition) is 1. The number of allylic oxidation sites excluding steroid dienone is 1. The molecule has 5 rings (SSSR count). The molecule has 152 valence electrons. The number of ether oxygens (including phenoxy) is 1. The number of phenols is 1. The third-order valence-electron chi connectivity index (χ3n) is 5.45. The van der Waals surface area contributed by atoms with Gasteiger partial charge < -0.3 is 14.4 Å². The standard InChI is InChI=1S/C25H18N2O4/c1-14(28)15-6-8-16(9-7-15)18-10-11-26-25-22(18)17(13-27(25)2)12-21-24(30)23-19(29)4-3-5-20(23)31-21/h3-13,29H,1-2H3. The number of phenolic OH excluding ortho intramolecular Hbond substituents is 1. The number of rotatable bonds is 3. The van der Waals surface area contributed by atoms with Gasteiger partial charge in [-0.3, -0.25) is 9.59 Å². The van der Waals surface area contributed by atoms with E-state index in [2.05, 4.69) is 4.98 Å². The lowest BCUT2D eigenvalue weighted by Gasteiger charge is -2.06. The van der Waals surface area contributed by atoms with E-state index >= 15 is 0 Å². The van der Waals surface area contributed by atoms with E-state index in [0.717, 1.165) is 27.7 Å². The summed E-state index contributed by atoms with van der Waals surface area (Å²) in [6.07, 6.45) is 5.30. The fourth-order valence-electron chi connectivity index (χ4n) is 3.93. The molecule has 1 aliphatic heterocycles. The van der Waals surface area contributed by atoms with E-state index in [1.807, 2.05) is 36.0 Å². The van der Waals surface area contributed by atoms with E-state index in [1.165, 1.54) is 13.0 Å². The van der Waals surface area contributed by atoms with Gasteiger partial charge >= 0.3 is 0 Å². The second kappa shape index (κ2) is 6.95. The molecule has 0 saturated carbocycles. The Bertz CT molecular complexity index is 1410. The predicted molar refractivity (Wildman–Crippen MR) is 117 cm³/mol. The van der Waals surface area contributed by atoms with Crippen LogP contribution in [0.5, 0.6) is 11.5 Å². The van der Waals surface area contributed by atoms with Gasteiger partial charge in [0.15, 0.2) is 11.5 Å². The van der Waals surface area contributed by atoms with Crippen molar-refractivity contribution in [2.75, 3.05) is 0 Å². The molecule has 0 unspecified atom stereocenters. The molecule has 6 heteroatoms. The van der Waals surface area contributed by atoms with Crippen LogP contribution in [0.3, 0.4) is 0 Å². The Morgan fingerprint density at radius 2 is 1.90 bits per heavy atom. The lowest BCUT2D eigenvalue weighted by atomic mass is 9.99. The highest BCUT2D eigenvalue weighted by Crippen LogP contribution is 2.39. The molecule has 1 N–H and O–H groups in total. The van der Waals surface area contributed by atoms with Crippen molar-refractivity contribution in [1.29, 1.82) is 0 Å². The Morgan fingerprint density at radius 3 is 2.61 bits per heavy atom. The minimum atomic E-state index is -0.360. The molecule has 1 aliphatic rings. The number of aryl methyl sites for hydroxylation is 1. The van der Waals surface area contributed by atoms with E-state index in [0.29, 0.717) is 11.3 Å². The smallest absolute Gasteiger partial charge is 0.235 e. The molecule has 0 fully saturated rings. The number of carbonyl (C=O) groups is 2. The van der Waals surface area contributed by atoms with Crippen LogP contribution in [0.2, 0.25) is 0 Å². The molecular weight excluding hydrogens is 392 g/mol. The van der Waals surface area contributed by atoms with Crippen molar-refractivity contribution in [2.24, 2.45) is 7.05 Å². The average molecular weight is 410 g/mol. The third kappa shape index (κ3) is 3.00. The number of aromatic nitrogens is 2. The Kier molecular flexibility index (Phi) is 4.22. The first-order valence-corrected chi connectivity index (χ1v) is 9.75. The topological polar surface area (TPSA) is 81.4 Å². The van der Waals surface area contributed by atoms with Crippen molar-refractivity contribution in [2.45, 2.75) is 6.92 Å². The molecule has 6 nitrogen and oxygen atoms in total. The van der Waals surface area contributed by atoms with Gasteiger partial charge in [0.05, 0.1) is 0 Å². The number of fused-ring (bicyclic) bond motifs is 2. The highest BCUT2D eigenvalue weighted by molar-refractivity contribution is 6.17. The largest absolute Gasteiger partial charge is 0.507 e. The molecule has 2 aromatic carbocycles. The number of nitrogens with zero attached hydrogens (tertiary/aromatic N) is 2. The SMILES string of the molecule is CC(=O)c1ccc(-c2ccnc3c2c(C=C2Oc4cccc(O)c4C2=O)cn3C)cc1. The van der Waals surface area contributed by atoms with Crippen LogP contribution in [0.1, 0.15) is 33.2 Å². The van der Waals surface area contributed by atoms with Crippen molar-refractivity contribution in [3.63, 3.8) is 0 Å². The minimum absolute atomic E-state index is 0.0104. The summed E-state index contributed by atoms with van der Waals surface area (Å²) >= 11 is 0. The predicted octanol–water partition coefficient (Wildman–Crippen LogP) is 4.76. The van der Waals surface area contributed by atoms with Crippen LogP contribution >= 0.6 is 0 Å². The summed E-state index contributed by atoms with van der Waals surface area (Å²) in [4.78, 5) is 28.9. The fourth-order valence-corrected chi connectivity index (χ4v) is 3.93. The van der Waals surface area contributed by atoms with Gasteiger partial charge in [0.25, 0.3) is 0 Å². The molecule has 3 heterocycles. The molecular formula is C25H18N2O4. The molecule has 4 aromatic rings. The third-order valence-corrected chi connectivity index (χ3v) is 5.45. The van der Waals surface area contributed by atoms with Crippen LogP contribution in [0.15, 0.2) is 66.7 Å². The first-order valence-electron chi connectivity index (χ1n) is 9.75. The lowest BCUT2D eigenvalue weighted by molar-refractivity contribution is 0.100. The maximum absolute atomic E-state index is 12.8. The van der Waals surface area contributed by atoms with Crippen LogP contribution in [0.25, 0.3) is 28.2 Å². The van der Waals surface area contributed by atoms with Gasteiger partial charge in [-0.25, -0.2) is 4.98 Å². The van der Waals surface area contributed by atoms with E-state index in [-0.39, 0.29) is 28.6 Å². The molecule has 2 aromatic heterocycles. The Morgan fingerprint density at radius 1 is 1.13 bits per heavy atom. The zero-order valence-corrected chi connectivity index (χ0v) is 16.9. The van der Waals surface area contributed by atoms with Crippen LogP contribution in [-0.4, -0.2) is 26.2 Å². The maximum Gasteiger partial charge on any atom is 0.235 e. The van der Waals surface area contributed by atoms with Gasteiger partial charge in [0.1, 0.15) is 22.7 Å². The van der Waals surface area contributed by atoms with Gasteiger partial charge in [-0.15, -0.1) is 0 Å². The summed E-state index contributed by atoms with van der Waals surface area (Å²) in [5.74, 6) is 0.0368. The van der Waals surface area contributed by atoms with E-state index in [9.17, 15) is 14.7 Å². The summed E-state index contributed by atoms with van der Waals surface area (Å²) in [6.45, 7) is 1.54. The molecule has 31 heavy (non-hydrogen) atoms. The molecule has 0 amide bonds. The normalized spacial score (nSPS) is 14.1. The zero-order chi connectivity index (χ0) is 21.7. The van der Waals surface area contributed by atoms with Gasteiger partial charge in [0, 0.05) is 36.0 Å². The van der Waals surface area contributed by atoms with Crippen LogP contribution in [-0.2, 0) is 7.05 Å². The summed E-state index contributed by atoms with van der Waals surface area (Å²) in [6, 6.07) is 14.1. The van der Waals surface area contributed by atoms with Crippen molar-refractivity contribution in [3.8, 4) is 22.6 Å². The first kappa shape index (κ1) is 18.8. The van der Waals surface area contributed by atoms with E-state index in [1.54, 1.807) is 36.5 Å². The van der Waals surface area contributed by atoms with Gasteiger partial charge in [0.2, 0.25) is 5.78 Å². The summed E-state index contributed by atoms with van der Waals surface area (Å²) in [5.41, 5.74) is 4.21. The van der Waals surface area contributed by atoms with E-state index in [4.69, 9.17) is 4.74 Å². The van der Waals surface area contributed by atoms with Gasteiger partial charge in [-0.2, -0.15) is 0 Å². The molecule has 0 atom stereocenters. The first-order chi connectivity index (χ1) is 14.9. The second-order valence-corrected chi connectivity index (χ2v) is 7.48. The average Bonchev–Trinajstić information content (AvgIpc) is 3.26. The monoisotopic (exact) mass is 410 g/mol. The Labute approximate surface area is 178 Å². The number of Topliss-reactive ketones (excluding diaryl/α,β-unsaturated/α-hetero) is 2. The van der Waals surface area contributed by atoms with Crippen LogP contribution in [0.4, 0.5) is 0 Å². The number of hydrogen-bond acceptors (Lipinski definition) is 5. The van der Waals surface area contributed by atoms with E-state index < -0.39 is 0 Å². The fraction of sp³-hybridized carbons (Fsp3) is 0.0800. The van der Waals surface area contributed by atoms with Gasteiger partial charge in [-0.05, 0) is 42.3 Å². The number of benzene rings is 2. The molecule has 0 radical (unpaired) electrons. The van der Waals surface area contributed by atoms with Gasteiger partial charge in [-0.1, -0.05) is 30.3 Å². The summed E-state index contributed by atoms with van der Waals surface area (Å²) in [5, 5.41) is 10.9.